The van der Waals surface area contributed by atoms with Gasteiger partial charge in [0.1, 0.15) is 5.54 Å². The third-order valence-corrected chi connectivity index (χ3v) is 5.05. The maximum absolute atomic E-state index is 12.4. The van der Waals surface area contributed by atoms with Crippen LogP contribution >= 0.6 is 0 Å². The standard InChI is InChI=1S/C18H22N4O2/c1-18(11-19,14-6-7-14)21-16(23)10-22-9-13-5-3-2-4-12(13)8-15(22)17(20)24/h2-5,14-15H,6-10H2,1H3,(H2,20,24)(H,21,23). The molecule has 2 unspecified atom stereocenters. The van der Waals surface area contributed by atoms with Gasteiger partial charge >= 0.3 is 0 Å². The summed E-state index contributed by atoms with van der Waals surface area (Å²) in [6.07, 6.45) is 2.44. The molecular weight excluding hydrogens is 304 g/mol. The smallest absolute Gasteiger partial charge is 0.235 e. The highest BCUT2D eigenvalue weighted by molar-refractivity contribution is 5.83. The van der Waals surface area contributed by atoms with Crippen molar-refractivity contribution in [2.24, 2.45) is 11.7 Å². The van der Waals surface area contributed by atoms with Gasteiger partial charge in [0.05, 0.1) is 18.7 Å². The number of amides is 2. The summed E-state index contributed by atoms with van der Waals surface area (Å²) in [5.41, 5.74) is 6.91. The molecule has 0 saturated heterocycles. The Hall–Kier alpha value is -2.39. The van der Waals surface area contributed by atoms with Crippen LogP contribution in [0.4, 0.5) is 0 Å². The molecule has 0 spiro atoms. The monoisotopic (exact) mass is 326 g/mol. The number of primary amides is 1. The van der Waals surface area contributed by atoms with Crippen molar-refractivity contribution in [3.05, 3.63) is 35.4 Å². The Bertz CT molecular complexity index is 707. The lowest BCUT2D eigenvalue weighted by molar-refractivity contribution is -0.128. The largest absolute Gasteiger partial charge is 0.368 e. The third kappa shape index (κ3) is 3.26. The minimum absolute atomic E-state index is 0.0614. The molecular formula is C18H22N4O2. The predicted molar refractivity (Wildman–Crippen MR) is 88.4 cm³/mol. The van der Waals surface area contributed by atoms with Crippen molar-refractivity contribution < 1.29 is 9.59 Å². The second-order valence-electron chi connectivity index (χ2n) is 6.93. The molecule has 1 aromatic rings. The second-order valence-corrected chi connectivity index (χ2v) is 6.93. The predicted octanol–water partition coefficient (Wildman–Crippen LogP) is 0.707. The maximum atomic E-state index is 12.4. The first kappa shape index (κ1) is 16.5. The van der Waals surface area contributed by atoms with Gasteiger partial charge in [-0.2, -0.15) is 5.26 Å². The van der Waals surface area contributed by atoms with Gasteiger partial charge in [0.2, 0.25) is 11.8 Å². The van der Waals surface area contributed by atoms with Crippen molar-refractivity contribution in [2.75, 3.05) is 6.54 Å². The molecule has 1 fully saturated rings. The Labute approximate surface area is 141 Å². The number of hydrogen-bond acceptors (Lipinski definition) is 4. The van der Waals surface area contributed by atoms with E-state index in [4.69, 9.17) is 5.73 Å². The van der Waals surface area contributed by atoms with Gasteiger partial charge in [0.15, 0.2) is 0 Å². The Morgan fingerprint density at radius 2 is 2.04 bits per heavy atom. The molecule has 6 nitrogen and oxygen atoms in total. The first-order valence-corrected chi connectivity index (χ1v) is 8.25. The average Bonchev–Trinajstić information content (AvgIpc) is 3.39. The number of nitrogens with two attached hydrogens (primary N) is 1. The van der Waals surface area contributed by atoms with E-state index in [1.54, 1.807) is 11.8 Å². The highest BCUT2D eigenvalue weighted by atomic mass is 16.2. The maximum Gasteiger partial charge on any atom is 0.235 e. The molecule has 126 valence electrons. The van der Waals surface area contributed by atoms with Crippen molar-refractivity contribution in [3.63, 3.8) is 0 Å². The van der Waals surface area contributed by atoms with Crippen molar-refractivity contribution in [1.82, 2.24) is 10.2 Å². The van der Waals surface area contributed by atoms with Crippen molar-refractivity contribution >= 4 is 11.8 Å². The summed E-state index contributed by atoms with van der Waals surface area (Å²) in [6, 6.07) is 9.59. The summed E-state index contributed by atoms with van der Waals surface area (Å²) in [6.45, 7) is 2.33. The number of nitrogens with zero attached hydrogens (tertiary/aromatic N) is 2. The zero-order chi connectivity index (χ0) is 17.3. The van der Waals surface area contributed by atoms with Crippen LogP contribution < -0.4 is 11.1 Å². The van der Waals surface area contributed by atoms with E-state index in [2.05, 4.69) is 11.4 Å². The van der Waals surface area contributed by atoms with Gasteiger partial charge in [-0.1, -0.05) is 24.3 Å². The highest BCUT2D eigenvalue weighted by Gasteiger charge is 2.43. The number of nitrogens with one attached hydrogen (secondary N) is 1. The topological polar surface area (TPSA) is 99.2 Å². The Morgan fingerprint density at radius 3 is 2.62 bits per heavy atom. The van der Waals surface area contributed by atoms with Gasteiger partial charge in [0, 0.05) is 6.54 Å². The molecule has 2 amide bonds. The van der Waals surface area contributed by atoms with Crippen LogP contribution in [0.3, 0.4) is 0 Å². The van der Waals surface area contributed by atoms with Gasteiger partial charge in [0.25, 0.3) is 0 Å². The van der Waals surface area contributed by atoms with Crippen molar-refractivity contribution in [1.29, 1.82) is 5.26 Å². The number of fused-ring (bicyclic) bond motifs is 1. The van der Waals surface area contributed by atoms with E-state index in [1.165, 1.54) is 0 Å². The van der Waals surface area contributed by atoms with Crippen molar-refractivity contribution in [2.45, 2.75) is 44.3 Å². The van der Waals surface area contributed by atoms with Gasteiger partial charge in [-0.05, 0) is 43.2 Å². The Balaban J connectivity index is 1.72. The number of benzene rings is 1. The molecule has 24 heavy (non-hydrogen) atoms. The minimum atomic E-state index is -0.826. The van der Waals surface area contributed by atoms with Crippen LogP contribution in [-0.2, 0) is 22.6 Å². The summed E-state index contributed by atoms with van der Waals surface area (Å²) in [5, 5.41) is 12.2. The molecule has 1 aliphatic carbocycles. The number of nitriles is 1. The lowest BCUT2D eigenvalue weighted by Gasteiger charge is -2.35. The number of carbonyl (C=O) groups is 2. The fourth-order valence-corrected chi connectivity index (χ4v) is 3.42. The average molecular weight is 326 g/mol. The molecule has 1 aliphatic heterocycles. The summed E-state index contributed by atoms with van der Waals surface area (Å²) < 4.78 is 0. The molecule has 3 N–H and O–H groups in total. The SMILES string of the molecule is CC(C#N)(NC(=O)CN1Cc2ccccc2CC1C(N)=O)C1CC1. The van der Waals surface area contributed by atoms with Gasteiger partial charge in [-0.3, -0.25) is 14.5 Å². The molecule has 0 bridgehead atoms. The fraction of sp³-hybridized carbons (Fsp3) is 0.500. The van der Waals surface area contributed by atoms with Crippen LogP contribution in [0.2, 0.25) is 0 Å². The fourth-order valence-electron chi connectivity index (χ4n) is 3.42. The van der Waals surface area contributed by atoms with Gasteiger partial charge in [-0.15, -0.1) is 0 Å². The molecule has 0 radical (unpaired) electrons. The van der Waals surface area contributed by atoms with Gasteiger partial charge < -0.3 is 11.1 Å². The summed E-state index contributed by atoms with van der Waals surface area (Å²) >= 11 is 0. The highest BCUT2D eigenvalue weighted by Crippen LogP contribution is 2.39. The molecule has 6 heteroatoms. The quantitative estimate of drug-likeness (QED) is 0.832. The van der Waals surface area contributed by atoms with E-state index in [0.717, 1.165) is 24.0 Å². The van der Waals surface area contributed by atoms with E-state index in [-0.39, 0.29) is 18.4 Å². The van der Waals surface area contributed by atoms with E-state index in [1.807, 2.05) is 24.3 Å². The van der Waals surface area contributed by atoms with Crippen LogP contribution in [0, 0.1) is 17.2 Å². The molecule has 2 aliphatic rings. The molecule has 0 aromatic heterocycles. The molecule has 2 atom stereocenters. The van der Waals surface area contributed by atoms with E-state index < -0.39 is 17.5 Å². The number of hydrogen-bond donors (Lipinski definition) is 2. The Kier molecular flexibility index (Phi) is 4.29. The molecule has 1 saturated carbocycles. The second kappa shape index (κ2) is 6.25. The molecule has 1 aromatic carbocycles. The van der Waals surface area contributed by atoms with E-state index in [9.17, 15) is 14.9 Å². The third-order valence-electron chi connectivity index (χ3n) is 5.05. The van der Waals surface area contributed by atoms with Crippen LogP contribution in [0.15, 0.2) is 24.3 Å². The lowest BCUT2D eigenvalue weighted by atomic mass is 9.93. The summed E-state index contributed by atoms with van der Waals surface area (Å²) in [5.74, 6) is -0.445. The number of rotatable bonds is 5. The zero-order valence-electron chi connectivity index (χ0n) is 13.8. The van der Waals surface area contributed by atoms with Crippen LogP contribution in [0.25, 0.3) is 0 Å². The summed E-state index contributed by atoms with van der Waals surface area (Å²) in [4.78, 5) is 26.1. The molecule has 1 heterocycles. The van der Waals surface area contributed by atoms with Gasteiger partial charge in [-0.25, -0.2) is 0 Å². The van der Waals surface area contributed by atoms with E-state index >= 15 is 0 Å². The van der Waals surface area contributed by atoms with Crippen LogP contribution in [0.1, 0.15) is 30.9 Å². The number of carbonyl (C=O) groups excluding carboxylic acids is 2. The minimum Gasteiger partial charge on any atom is -0.368 e. The van der Waals surface area contributed by atoms with Crippen LogP contribution in [-0.4, -0.2) is 34.8 Å². The first-order valence-electron chi connectivity index (χ1n) is 8.25. The Morgan fingerprint density at radius 1 is 1.38 bits per heavy atom. The normalized spacial score (nSPS) is 22.8. The zero-order valence-corrected chi connectivity index (χ0v) is 13.8. The molecule has 3 rings (SSSR count). The van der Waals surface area contributed by atoms with Crippen molar-refractivity contribution in [3.8, 4) is 6.07 Å². The lowest BCUT2D eigenvalue weighted by Crippen LogP contribution is -2.55. The van der Waals surface area contributed by atoms with E-state index in [0.29, 0.717) is 13.0 Å². The van der Waals surface area contributed by atoms with Crippen LogP contribution in [0.5, 0.6) is 0 Å². The summed E-state index contributed by atoms with van der Waals surface area (Å²) in [7, 11) is 0. The first-order chi connectivity index (χ1) is 11.4.